The standard InChI is InChI=1S/C16H15FO2/c1-19-15-8-5-12(6-9-15)2-3-13-4-7-14(11-18)16(17)10-13/h2-10,18H,11H2,1H3/b3-2+. The maximum Gasteiger partial charge on any atom is 0.129 e. The van der Waals surface area contributed by atoms with Gasteiger partial charge in [0.05, 0.1) is 13.7 Å². The van der Waals surface area contributed by atoms with Crippen LogP contribution in [0.3, 0.4) is 0 Å². The molecule has 0 saturated carbocycles. The van der Waals surface area contributed by atoms with Crippen LogP contribution in [-0.2, 0) is 6.61 Å². The van der Waals surface area contributed by atoms with Gasteiger partial charge in [-0.15, -0.1) is 0 Å². The summed E-state index contributed by atoms with van der Waals surface area (Å²) in [5, 5.41) is 8.90. The molecule has 0 atom stereocenters. The molecule has 0 bridgehead atoms. The third kappa shape index (κ3) is 3.42. The minimum atomic E-state index is -0.389. The summed E-state index contributed by atoms with van der Waals surface area (Å²) in [5.41, 5.74) is 2.07. The fourth-order valence-electron chi connectivity index (χ4n) is 1.70. The lowest BCUT2D eigenvalue weighted by molar-refractivity contribution is 0.275. The highest BCUT2D eigenvalue weighted by Crippen LogP contribution is 2.15. The Bertz CT molecular complexity index is 574. The molecule has 19 heavy (non-hydrogen) atoms. The van der Waals surface area contributed by atoms with Gasteiger partial charge < -0.3 is 9.84 Å². The Labute approximate surface area is 111 Å². The Balaban J connectivity index is 2.15. The van der Waals surface area contributed by atoms with Crippen LogP contribution >= 0.6 is 0 Å². The molecular formula is C16H15FO2. The summed E-state index contributed by atoms with van der Waals surface area (Å²) in [6.07, 6.45) is 3.72. The first-order chi connectivity index (χ1) is 9.22. The molecular weight excluding hydrogens is 243 g/mol. The van der Waals surface area contributed by atoms with Gasteiger partial charge in [0.1, 0.15) is 11.6 Å². The lowest BCUT2D eigenvalue weighted by atomic mass is 10.1. The molecule has 3 heteroatoms. The van der Waals surface area contributed by atoms with E-state index < -0.39 is 0 Å². The van der Waals surface area contributed by atoms with E-state index in [-0.39, 0.29) is 12.4 Å². The van der Waals surface area contributed by atoms with Crippen LogP contribution in [0.15, 0.2) is 42.5 Å². The Hall–Kier alpha value is -2.13. The summed E-state index contributed by atoms with van der Waals surface area (Å²) < 4.78 is 18.5. The van der Waals surface area contributed by atoms with Crippen LogP contribution in [0.2, 0.25) is 0 Å². The molecule has 0 saturated heterocycles. The fourth-order valence-corrected chi connectivity index (χ4v) is 1.70. The van der Waals surface area contributed by atoms with Gasteiger partial charge in [-0.05, 0) is 29.3 Å². The molecule has 0 aliphatic carbocycles. The SMILES string of the molecule is COc1ccc(/C=C/c2ccc(CO)c(F)c2)cc1. The third-order valence-corrected chi connectivity index (χ3v) is 2.83. The summed E-state index contributed by atoms with van der Waals surface area (Å²) in [6.45, 7) is -0.283. The van der Waals surface area contributed by atoms with Gasteiger partial charge in [0, 0.05) is 5.56 Å². The van der Waals surface area contributed by atoms with Crippen LogP contribution in [0.1, 0.15) is 16.7 Å². The number of hydrogen-bond donors (Lipinski definition) is 1. The summed E-state index contributed by atoms with van der Waals surface area (Å²) in [7, 11) is 1.62. The van der Waals surface area contributed by atoms with E-state index in [0.717, 1.165) is 16.9 Å². The van der Waals surface area contributed by atoms with E-state index >= 15 is 0 Å². The molecule has 0 amide bonds. The van der Waals surface area contributed by atoms with Gasteiger partial charge in [-0.2, -0.15) is 0 Å². The molecule has 0 fully saturated rings. The van der Waals surface area contributed by atoms with Crippen molar-refractivity contribution in [3.05, 3.63) is 65.0 Å². The molecule has 0 spiro atoms. The molecule has 0 unspecified atom stereocenters. The number of methoxy groups -OCH3 is 1. The summed E-state index contributed by atoms with van der Waals surface area (Å²) in [6, 6.07) is 12.4. The van der Waals surface area contributed by atoms with Gasteiger partial charge in [-0.25, -0.2) is 4.39 Å². The molecule has 1 N–H and O–H groups in total. The van der Waals surface area contributed by atoms with Crippen molar-refractivity contribution in [2.24, 2.45) is 0 Å². The van der Waals surface area contributed by atoms with E-state index in [1.165, 1.54) is 6.07 Å². The zero-order valence-corrected chi connectivity index (χ0v) is 10.6. The first-order valence-electron chi connectivity index (χ1n) is 5.94. The number of hydrogen-bond acceptors (Lipinski definition) is 2. The lowest BCUT2D eigenvalue weighted by Crippen LogP contribution is -1.89. The molecule has 2 aromatic carbocycles. The average Bonchev–Trinajstić information content (AvgIpc) is 2.46. The first-order valence-corrected chi connectivity index (χ1v) is 5.94. The van der Waals surface area contributed by atoms with Crippen LogP contribution < -0.4 is 4.74 Å². The van der Waals surface area contributed by atoms with Crippen molar-refractivity contribution in [1.82, 2.24) is 0 Å². The molecule has 98 valence electrons. The van der Waals surface area contributed by atoms with Gasteiger partial charge in [0.25, 0.3) is 0 Å². The molecule has 0 radical (unpaired) electrons. The number of benzene rings is 2. The number of rotatable bonds is 4. The van der Waals surface area contributed by atoms with Crippen LogP contribution in [-0.4, -0.2) is 12.2 Å². The molecule has 0 heterocycles. The first kappa shape index (κ1) is 13.3. The second kappa shape index (κ2) is 6.16. The number of aliphatic hydroxyl groups is 1. The van der Waals surface area contributed by atoms with Crippen LogP contribution in [0.5, 0.6) is 5.75 Å². The lowest BCUT2D eigenvalue weighted by Gasteiger charge is -2.01. The Kier molecular flexibility index (Phi) is 4.31. The quantitative estimate of drug-likeness (QED) is 0.850. The van der Waals surface area contributed by atoms with Crippen LogP contribution in [0.25, 0.3) is 12.2 Å². The zero-order valence-electron chi connectivity index (χ0n) is 10.6. The summed E-state index contributed by atoms with van der Waals surface area (Å²) in [5.74, 6) is 0.412. The van der Waals surface area contributed by atoms with Crippen molar-refractivity contribution in [3.8, 4) is 5.75 Å². The topological polar surface area (TPSA) is 29.5 Å². The maximum absolute atomic E-state index is 13.5. The predicted molar refractivity (Wildman–Crippen MR) is 74.2 cm³/mol. The van der Waals surface area contributed by atoms with Gasteiger partial charge in [-0.1, -0.05) is 36.4 Å². The minimum Gasteiger partial charge on any atom is -0.497 e. The molecule has 0 aliphatic rings. The van der Waals surface area contributed by atoms with Gasteiger partial charge in [0.2, 0.25) is 0 Å². The molecule has 0 aliphatic heterocycles. The number of aliphatic hydroxyl groups excluding tert-OH is 1. The van der Waals surface area contributed by atoms with E-state index in [1.807, 2.05) is 36.4 Å². The normalized spacial score (nSPS) is 10.9. The third-order valence-electron chi connectivity index (χ3n) is 2.83. The number of halogens is 1. The Morgan fingerprint density at radius 2 is 1.68 bits per heavy atom. The van der Waals surface area contributed by atoms with Crippen molar-refractivity contribution in [3.63, 3.8) is 0 Å². The largest absolute Gasteiger partial charge is 0.497 e. The van der Waals surface area contributed by atoms with Crippen molar-refractivity contribution in [1.29, 1.82) is 0 Å². The van der Waals surface area contributed by atoms with Gasteiger partial charge in [-0.3, -0.25) is 0 Å². The van der Waals surface area contributed by atoms with Crippen molar-refractivity contribution < 1.29 is 14.2 Å². The van der Waals surface area contributed by atoms with E-state index in [9.17, 15) is 4.39 Å². The van der Waals surface area contributed by atoms with E-state index in [1.54, 1.807) is 19.2 Å². The van der Waals surface area contributed by atoms with Crippen molar-refractivity contribution in [2.75, 3.05) is 7.11 Å². The Morgan fingerprint density at radius 3 is 2.26 bits per heavy atom. The van der Waals surface area contributed by atoms with Crippen LogP contribution in [0, 0.1) is 5.82 Å². The highest BCUT2D eigenvalue weighted by Gasteiger charge is 2.00. The monoisotopic (exact) mass is 258 g/mol. The molecule has 2 aromatic rings. The van der Waals surface area contributed by atoms with E-state index in [2.05, 4.69) is 0 Å². The molecule has 2 rings (SSSR count). The Morgan fingerprint density at radius 1 is 1.05 bits per heavy atom. The second-order valence-corrected chi connectivity index (χ2v) is 4.12. The second-order valence-electron chi connectivity index (χ2n) is 4.12. The van der Waals surface area contributed by atoms with Gasteiger partial charge >= 0.3 is 0 Å². The average molecular weight is 258 g/mol. The predicted octanol–water partition coefficient (Wildman–Crippen LogP) is 3.50. The zero-order chi connectivity index (χ0) is 13.7. The summed E-state index contributed by atoms with van der Waals surface area (Å²) >= 11 is 0. The summed E-state index contributed by atoms with van der Waals surface area (Å²) in [4.78, 5) is 0. The van der Waals surface area contributed by atoms with Gasteiger partial charge in [0.15, 0.2) is 0 Å². The van der Waals surface area contributed by atoms with Crippen LogP contribution in [0.4, 0.5) is 4.39 Å². The highest BCUT2D eigenvalue weighted by atomic mass is 19.1. The molecule has 2 nitrogen and oxygen atoms in total. The number of ether oxygens (including phenoxy) is 1. The minimum absolute atomic E-state index is 0.283. The highest BCUT2D eigenvalue weighted by molar-refractivity contribution is 5.69. The van der Waals surface area contributed by atoms with Crippen molar-refractivity contribution >= 4 is 12.2 Å². The maximum atomic E-state index is 13.5. The smallest absolute Gasteiger partial charge is 0.129 e. The van der Waals surface area contributed by atoms with E-state index in [0.29, 0.717) is 5.56 Å². The van der Waals surface area contributed by atoms with Crippen molar-refractivity contribution in [2.45, 2.75) is 6.61 Å². The fraction of sp³-hybridized carbons (Fsp3) is 0.125. The molecule has 0 aromatic heterocycles. The van der Waals surface area contributed by atoms with E-state index in [4.69, 9.17) is 9.84 Å².